The summed E-state index contributed by atoms with van der Waals surface area (Å²) in [7, 11) is 1.52. The van der Waals surface area contributed by atoms with Crippen molar-refractivity contribution in [2.24, 2.45) is 0 Å². The van der Waals surface area contributed by atoms with Gasteiger partial charge in [-0.25, -0.2) is 9.97 Å². The highest BCUT2D eigenvalue weighted by Crippen LogP contribution is 2.38. The maximum absolute atomic E-state index is 13.4. The number of imidazole rings is 1. The second-order valence-electron chi connectivity index (χ2n) is 8.64. The molecule has 0 aliphatic carbocycles. The van der Waals surface area contributed by atoms with Gasteiger partial charge in [-0.2, -0.15) is 13.2 Å². The van der Waals surface area contributed by atoms with Gasteiger partial charge < -0.3 is 19.5 Å². The van der Waals surface area contributed by atoms with E-state index in [0.717, 1.165) is 18.6 Å². The van der Waals surface area contributed by atoms with E-state index >= 15 is 0 Å². The van der Waals surface area contributed by atoms with Crippen LogP contribution in [-0.2, 0) is 10.9 Å². The Morgan fingerprint density at radius 1 is 1.24 bits per heavy atom. The minimum absolute atomic E-state index is 0.0814. The largest absolute Gasteiger partial charge is 0.493 e. The molecule has 0 saturated carbocycles. The number of hydrogen-bond donors (Lipinski definition) is 1. The molecule has 3 heterocycles. The second kappa shape index (κ2) is 9.39. The standard InChI is InChI=1S/C24H22F3N5O5/c1-13(14-5-15(24(25,26)27)7-16(6-14)32(33)34)29-23-18-8-21(37-17-3-4-36-11-17)20(35-2)9-19(18)31-12-28-10-22(31)30-23/h5-10,12-13,17H,3-4,11H2,1-2H3,(H,29,30)/t13-,17?/m1/s1. The van der Waals surface area contributed by atoms with Crippen LogP contribution in [0.5, 0.6) is 11.5 Å². The summed E-state index contributed by atoms with van der Waals surface area (Å²) >= 11 is 0. The smallest absolute Gasteiger partial charge is 0.416 e. The average molecular weight is 517 g/mol. The summed E-state index contributed by atoms with van der Waals surface area (Å²) in [6, 6.07) is 5.26. The summed E-state index contributed by atoms with van der Waals surface area (Å²) in [5.74, 6) is 1.27. The van der Waals surface area contributed by atoms with Gasteiger partial charge in [0.15, 0.2) is 17.1 Å². The van der Waals surface area contributed by atoms with Crippen molar-refractivity contribution in [3.63, 3.8) is 0 Å². The first-order valence-corrected chi connectivity index (χ1v) is 11.4. The molecule has 10 nitrogen and oxygen atoms in total. The zero-order chi connectivity index (χ0) is 26.3. The van der Waals surface area contributed by atoms with Crippen LogP contribution in [0.3, 0.4) is 0 Å². The molecule has 0 bridgehead atoms. The van der Waals surface area contributed by atoms with Crippen molar-refractivity contribution in [1.82, 2.24) is 14.4 Å². The van der Waals surface area contributed by atoms with Gasteiger partial charge >= 0.3 is 6.18 Å². The number of benzene rings is 2. The lowest BCUT2D eigenvalue weighted by atomic mass is 10.0. The molecule has 2 aromatic heterocycles. The third kappa shape index (κ3) is 4.81. The first-order chi connectivity index (χ1) is 17.6. The lowest BCUT2D eigenvalue weighted by Crippen LogP contribution is -2.16. The van der Waals surface area contributed by atoms with Crippen LogP contribution in [0.2, 0.25) is 0 Å². The third-order valence-corrected chi connectivity index (χ3v) is 6.15. The van der Waals surface area contributed by atoms with E-state index < -0.39 is 28.4 Å². The van der Waals surface area contributed by atoms with Gasteiger partial charge in [0.1, 0.15) is 18.2 Å². The summed E-state index contributed by atoms with van der Waals surface area (Å²) in [5.41, 5.74) is -0.524. The van der Waals surface area contributed by atoms with Gasteiger partial charge in [-0.15, -0.1) is 0 Å². The van der Waals surface area contributed by atoms with Crippen LogP contribution in [0.25, 0.3) is 16.6 Å². The van der Waals surface area contributed by atoms with Crippen molar-refractivity contribution < 1.29 is 32.3 Å². The number of methoxy groups -OCH3 is 1. The predicted octanol–water partition coefficient (Wildman–Crippen LogP) is 5.16. The van der Waals surface area contributed by atoms with E-state index in [1.165, 1.54) is 13.3 Å². The molecular formula is C24H22F3N5O5. The maximum Gasteiger partial charge on any atom is 0.416 e. The van der Waals surface area contributed by atoms with Crippen LogP contribution in [0, 0.1) is 10.1 Å². The molecule has 1 unspecified atom stereocenters. The SMILES string of the molecule is COc1cc2c(cc1OC1CCOC1)c(N[C@H](C)c1cc([N+](=O)[O-])cc(C(F)(F)F)c1)nc1cncn12. The summed E-state index contributed by atoms with van der Waals surface area (Å²) in [6.07, 6.45) is -1.06. The fraction of sp³-hybridized carbons (Fsp3) is 0.333. The Morgan fingerprint density at radius 3 is 2.73 bits per heavy atom. The quantitative estimate of drug-likeness (QED) is 0.264. The number of alkyl halides is 3. The Bertz CT molecular complexity index is 1480. The summed E-state index contributed by atoms with van der Waals surface area (Å²) in [4.78, 5) is 19.2. The molecule has 5 rings (SSSR count). The maximum atomic E-state index is 13.4. The number of ether oxygens (including phenoxy) is 3. The number of anilines is 1. The van der Waals surface area contributed by atoms with Gasteiger partial charge in [0, 0.05) is 30.0 Å². The Hall–Kier alpha value is -4.13. The fourth-order valence-corrected chi connectivity index (χ4v) is 4.26. The van der Waals surface area contributed by atoms with Crippen LogP contribution in [0.4, 0.5) is 24.7 Å². The number of nitrogens with zero attached hydrogens (tertiary/aromatic N) is 4. The number of rotatable bonds is 7. The number of non-ortho nitro benzene ring substituents is 1. The Balaban J connectivity index is 1.60. The first-order valence-electron chi connectivity index (χ1n) is 11.4. The van der Waals surface area contributed by atoms with Crippen molar-refractivity contribution in [3.05, 3.63) is 64.1 Å². The van der Waals surface area contributed by atoms with Gasteiger partial charge in [-0.05, 0) is 24.6 Å². The minimum Gasteiger partial charge on any atom is -0.493 e. The highest BCUT2D eigenvalue weighted by molar-refractivity contribution is 5.94. The lowest BCUT2D eigenvalue weighted by Gasteiger charge is -2.20. The molecule has 1 aliphatic rings. The van der Waals surface area contributed by atoms with E-state index in [9.17, 15) is 23.3 Å². The molecule has 37 heavy (non-hydrogen) atoms. The molecule has 1 fully saturated rings. The number of halogens is 3. The van der Waals surface area contributed by atoms with Crippen molar-refractivity contribution >= 4 is 28.1 Å². The third-order valence-electron chi connectivity index (χ3n) is 6.15. The van der Waals surface area contributed by atoms with E-state index in [-0.39, 0.29) is 11.7 Å². The van der Waals surface area contributed by atoms with Gasteiger partial charge in [0.05, 0.1) is 48.6 Å². The Kier molecular flexibility index (Phi) is 6.23. The molecular weight excluding hydrogens is 495 g/mol. The summed E-state index contributed by atoms with van der Waals surface area (Å²) < 4.78 is 59.1. The van der Waals surface area contributed by atoms with Crippen molar-refractivity contribution in [1.29, 1.82) is 0 Å². The summed E-state index contributed by atoms with van der Waals surface area (Å²) in [5, 5.41) is 15.0. The molecule has 0 spiro atoms. The topological polar surface area (TPSA) is 113 Å². The Morgan fingerprint density at radius 2 is 2.05 bits per heavy atom. The van der Waals surface area contributed by atoms with E-state index in [0.29, 0.717) is 53.1 Å². The minimum atomic E-state index is -4.74. The second-order valence-corrected chi connectivity index (χ2v) is 8.64. The first kappa shape index (κ1) is 24.6. The number of nitro groups is 1. The van der Waals surface area contributed by atoms with E-state index in [2.05, 4.69) is 15.3 Å². The van der Waals surface area contributed by atoms with Crippen LogP contribution >= 0.6 is 0 Å². The molecule has 194 valence electrons. The van der Waals surface area contributed by atoms with Gasteiger partial charge in [-0.3, -0.25) is 14.5 Å². The Labute approximate surface area is 208 Å². The predicted molar refractivity (Wildman–Crippen MR) is 127 cm³/mol. The van der Waals surface area contributed by atoms with E-state index in [1.54, 1.807) is 29.8 Å². The zero-order valence-electron chi connectivity index (χ0n) is 19.8. The monoisotopic (exact) mass is 517 g/mol. The number of fused-ring (bicyclic) bond motifs is 3. The van der Waals surface area contributed by atoms with E-state index in [4.69, 9.17) is 14.2 Å². The van der Waals surface area contributed by atoms with Crippen LogP contribution in [0.1, 0.15) is 30.5 Å². The molecule has 13 heteroatoms. The molecule has 2 aromatic carbocycles. The molecule has 0 radical (unpaired) electrons. The normalized spacial score (nSPS) is 16.7. The van der Waals surface area contributed by atoms with Gasteiger partial charge in [0.2, 0.25) is 0 Å². The van der Waals surface area contributed by atoms with Crippen molar-refractivity contribution in [2.75, 3.05) is 25.6 Å². The highest BCUT2D eigenvalue weighted by atomic mass is 19.4. The van der Waals surface area contributed by atoms with Crippen LogP contribution in [0.15, 0.2) is 42.9 Å². The van der Waals surface area contributed by atoms with Crippen LogP contribution in [-0.4, -0.2) is 45.7 Å². The molecule has 4 aromatic rings. The van der Waals surface area contributed by atoms with E-state index in [1.807, 2.05) is 0 Å². The summed E-state index contributed by atoms with van der Waals surface area (Å²) in [6.45, 7) is 2.63. The lowest BCUT2D eigenvalue weighted by molar-refractivity contribution is -0.385. The van der Waals surface area contributed by atoms with Gasteiger partial charge in [-0.1, -0.05) is 0 Å². The molecule has 1 saturated heterocycles. The van der Waals surface area contributed by atoms with Crippen molar-refractivity contribution in [2.45, 2.75) is 31.7 Å². The number of nitro benzene ring substituents is 1. The number of hydrogen-bond acceptors (Lipinski definition) is 8. The number of nitrogens with one attached hydrogen (secondary N) is 1. The molecule has 1 N–H and O–H groups in total. The van der Waals surface area contributed by atoms with Crippen LogP contribution < -0.4 is 14.8 Å². The molecule has 0 amide bonds. The number of aromatic nitrogens is 3. The molecule has 2 atom stereocenters. The fourth-order valence-electron chi connectivity index (χ4n) is 4.26. The average Bonchev–Trinajstić information content (AvgIpc) is 3.55. The highest BCUT2D eigenvalue weighted by Gasteiger charge is 2.33. The van der Waals surface area contributed by atoms with Crippen molar-refractivity contribution in [3.8, 4) is 11.5 Å². The zero-order valence-corrected chi connectivity index (χ0v) is 19.8. The van der Waals surface area contributed by atoms with Gasteiger partial charge in [0.25, 0.3) is 5.69 Å². The molecule has 1 aliphatic heterocycles.